The van der Waals surface area contributed by atoms with Gasteiger partial charge in [0.25, 0.3) is 0 Å². The van der Waals surface area contributed by atoms with Gasteiger partial charge in [-0.3, -0.25) is 0 Å². The van der Waals surface area contributed by atoms with E-state index < -0.39 is 12.1 Å². The lowest BCUT2D eigenvalue weighted by atomic mass is 10.1. The monoisotopic (exact) mass is 436 g/mol. The first-order valence-corrected chi connectivity index (χ1v) is 10.4. The number of para-hydroxylation sites is 1. The lowest BCUT2D eigenvalue weighted by Crippen LogP contribution is -2.22. The van der Waals surface area contributed by atoms with Crippen molar-refractivity contribution in [1.82, 2.24) is 0 Å². The molecule has 0 bridgehead atoms. The molecule has 0 heterocycles. The smallest absolute Gasteiger partial charge is 0.333 e. The fourth-order valence-electron chi connectivity index (χ4n) is 3.06. The minimum Gasteiger partial charge on any atom is -0.493 e. The highest BCUT2D eigenvalue weighted by Crippen LogP contribution is 2.41. The highest BCUT2D eigenvalue weighted by molar-refractivity contribution is 5.95. The van der Waals surface area contributed by atoms with Crippen molar-refractivity contribution < 1.29 is 28.5 Å². The van der Waals surface area contributed by atoms with Gasteiger partial charge in [-0.1, -0.05) is 49.0 Å². The molecule has 0 amide bonds. The summed E-state index contributed by atoms with van der Waals surface area (Å²) in [4.78, 5) is 11.7. The maximum atomic E-state index is 11.7. The second-order valence-electron chi connectivity index (χ2n) is 7.27. The van der Waals surface area contributed by atoms with E-state index in [0.717, 1.165) is 16.5 Å². The van der Waals surface area contributed by atoms with Crippen molar-refractivity contribution in [3.63, 3.8) is 0 Å². The number of benzene rings is 3. The van der Waals surface area contributed by atoms with E-state index >= 15 is 0 Å². The molecule has 3 rings (SSSR count). The van der Waals surface area contributed by atoms with Gasteiger partial charge in [0.2, 0.25) is 0 Å². The number of methoxy groups -OCH3 is 1. The fourth-order valence-corrected chi connectivity index (χ4v) is 3.06. The number of carbonyl (C=O) groups is 1. The maximum absolute atomic E-state index is 11.7. The molecule has 0 spiro atoms. The Balaban J connectivity index is 1.73. The first-order chi connectivity index (χ1) is 15.5. The Kier molecular flexibility index (Phi) is 7.97. The van der Waals surface area contributed by atoms with Crippen LogP contribution in [0.15, 0.2) is 72.8 Å². The molecule has 0 aliphatic carbocycles. The van der Waals surface area contributed by atoms with Gasteiger partial charge in [-0.15, -0.1) is 0 Å². The van der Waals surface area contributed by atoms with Gasteiger partial charge >= 0.3 is 5.97 Å². The predicted molar refractivity (Wildman–Crippen MR) is 124 cm³/mol. The number of rotatable bonds is 11. The summed E-state index contributed by atoms with van der Waals surface area (Å²) in [6, 6.07) is 19.1. The molecular weight excluding hydrogens is 408 g/mol. The third-order valence-electron chi connectivity index (χ3n) is 4.61. The quantitative estimate of drug-likeness (QED) is 0.234. The van der Waals surface area contributed by atoms with Crippen LogP contribution in [0.2, 0.25) is 0 Å². The number of ether oxygens (including phenoxy) is 5. The molecule has 0 saturated carbocycles. The normalized spacial score (nSPS) is 11.5. The van der Waals surface area contributed by atoms with Crippen LogP contribution in [0.25, 0.3) is 10.8 Å². The number of hydrogen-bond acceptors (Lipinski definition) is 6. The van der Waals surface area contributed by atoms with E-state index in [9.17, 15) is 4.79 Å². The van der Waals surface area contributed by atoms with Gasteiger partial charge in [0, 0.05) is 22.4 Å². The molecule has 1 atom stereocenters. The topological polar surface area (TPSA) is 63.2 Å². The van der Waals surface area contributed by atoms with Gasteiger partial charge in [0.05, 0.1) is 7.11 Å². The van der Waals surface area contributed by atoms with Crippen LogP contribution in [0.5, 0.6) is 23.0 Å². The molecule has 3 aromatic rings. The van der Waals surface area contributed by atoms with E-state index in [-0.39, 0.29) is 6.61 Å². The second-order valence-corrected chi connectivity index (χ2v) is 7.27. The molecule has 0 aliphatic heterocycles. The van der Waals surface area contributed by atoms with Gasteiger partial charge in [0.15, 0.2) is 11.5 Å². The van der Waals surface area contributed by atoms with Crippen LogP contribution in [0.1, 0.15) is 13.8 Å². The first-order valence-electron chi connectivity index (χ1n) is 10.4. The summed E-state index contributed by atoms with van der Waals surface area (Å²) >= 11 is 0. The Morgan fingerprint density at radius 2 is 1.56 bits per heavy atom. The van der Waals surface area contributed by atoms with Crippen molar-refractivity contribution in [2.24, 2.45) is 0 Å². The zero-order chi connectivity index (χ0) is 22.9. The van der Waals surface area contributed by atoms with Gasteiger partial charge < -0.3 is 23.7 Å². The van der Waals surface area contributed by atoms with E-state index in [0.29, 0.717) is 36.0 Å². The number of hydrogen-bond donors (Lipinski definition) is 0. The molecule has 0 saturated heterocycles. The van der Waals surface area contributed by atoms with Crippen molar-refractivity contribution in [2.45, 2.75) is 20.0 Å². The van der Waals surface area contributed by atoms with Crippen LogP contribution in [-0.4, -0.2) is 39.0 Å². The molecule has 0 fully saturated rings. The standard InChI is InChI=1S/C26H28O6/c1-18(2)26(27)32-19(3)17-31-25-22-13-9-8-12-21(22)23(16-24(25)28-4)30-15-14-29-20-10-6-5-7-11-20/h5-13,16,19H,1,14-15,17H2,2-4H3. The minimum absolute atomic E-state index is 0.171. The summed E-state index contributed by atoms with van der Waals surface area (Å²) in [6.07, 6.45) is -0.450. The summed E-state index contributed by atoms with van der Waals surface area (Å²) in [5.74, 6) is 2.11. The van der Waals surface area contributed by atoms with Crippen molar-refractivity contribution in [2.75, 3.05) is 26.9 Å². The molecule has 3 aromatic carbocycles. The summed E-state index contributed by atoms with van der Waals surface area (Å²) in [6.45, 7) is 7.91. The van der Waals surface area contributed by atoms with Crippen molar-refractivity contribution >= 4 is 16.7 Å². The van der Waals surface area contributed by atoms with Gasteiger partial charge in [-0.25, -0.2) is 4.79 Å². The van der Waals surface area contributed by atoms with E-state index in [1.54, 1.807) is 27.0 Å². The number of fused-ring (bicyclic) bond motifs is 1. The van der Waals surface area contributed by atoms with Crippen molar-refractivity contribution in [3.8, 4) is 23.0 Å². The molecule has 0 N–H and O–H groups in total. The molecule has 6 heteroatoms. The Labute approximate surface area is 188 Å². The van der Waals surface area contributed by atoms with Gasteiger partial charge in [-0.2, -0.15) is 0 Å². The van der Waals surface area contributed by atoms with E-state index in [1.807, 2.05) is 54.6 Å². The SMILES string of the molecule is C=C(C)C(=O)OC(C)COc1c(OC)cc(OCCOc2ccccc2)c2ccccc12. The Hall–Kier alpha value is -3.67. The predicted octanol–water partition coefficient (Wildman–Crippen LogP) is 5.19. The van der Waals surface area contributed by atoms with Crippen molar-refractivity contribution in [1.29, 1.82) is 0 Å². The molecule has 6 nitrogen and oxygen atoms in total. The summed E-state index contributed by atoms with van der Waals surface area (Å²) in [7, 11) is 1.57. The molecule has 0 aliphatic rings. The van der Waals surface area contributed by atoms with Gasteiger partial charge in [0.1, 0.15) is 37.4 Å². The number of esters is 1. The third-order valence-corrected chi connectivity index (χ3v) is 4.61. The van der Waals surface area contributed by atoms with Crippen LogP contribution in [0.4, 0.5) is 0 Å². The average Bonchev–Trinajstić information content (AvgIpc) is 2.81. The Morgan fingerprint density at radius 1 is 0.906 bits per heavy atom. The van der Waals surface area contributed by atoms with Crippen LogP contribution in [0, 0.1) is 0 Å². The van der Waals surface area contributed by atoms with Gasteiger partial charge in [-0.05, 0) is 26.0 Å². The first kappa shape index (κ1) is 23.0. The molecule has 0 aromatic heterocycles. The molecule has 1 unspecified atom stereocenters. The van der Waals surface area contributed by atoms with Crippen molar-refractivity contribution in [3.05, 3.63) is 72.8 Å². The third kappa shape index (κ3) is 5.94. The lowest BCUT2D eigenvalue weighted by molar-refractivity contribution is -0.144. The van der Waals surface area contributed by atoms with Crippen LogP contribution in [-0.2, 0) is 9.53 Å². The highest BCUT2D eigenvalue weighted by Gasteiger charge is 2.17. The summed E-state index contributed by atoms with van der Waals surface area (Å²) in [5.41, 5.74) is 0.345. The van der Waals surface area contributed by atoms with E-state index in [4.69, 9.17) is 23.7 Å². The Bertz CT molecular complexity index is 1060. The molecule has 0 radical (unpaired) electrons. The Morgan fingerprint density at radius 3 is 2.25 bits per heavy atom. The molecular formula is C26H28O6. The maximum Gasteiger partial charge on any atom is 0.333 e. The zero-order valence-corrected chi connectivity index (χ0v) is 18.6. The van der Waals surface area contributed by atoms with E-state index in [1.165, 1.54) is 0 Å². The van der Waals surface area contributed by atoms with Crippen LogP contribution in [0.3, 0.4) is 0 Å². The van der Waals surface area contributed by atoms with E-state index in [2.05, 4.69) is 6.58 Å². The minimum atomic E-state index is -0.450. The number of carbonyl (C=O) groups excluding carboxylic acids is 1. The second kappa shape index (κ2) is 11.1. The van der Waals surface area contributed by atoms with Crippen LogP contribution < -0.4 is 18.9 Å². The molecule has 168 valence electrons. The molecule has 32 heavy (non-hydrogen) atoms. The zero-order valence-electron chi connectivity index (χ0n) is 18.6. The largest absolute Gasteiger partial charge is 0.493 e. The lowest BCUT2D eigenvalue weighted by Gasteiger charge is -2.19. The fraction of sp³-hybridized carbons (Fsp3) is 0.269. The average molecular weight is 437 g/mol. The summed E-state index contributed by atoms with van der Waals surface area (Å²) in [5, 5.41) is 1.72. The summed E-state index contributed by atoms with van der Waals surface area (Å²) < 4.78 is 28.6. The van der Waals surface area contributed by atoms with Crippen LogP contribution >= 0.6 is 0 Å². The highest BCUT2D eigenvalue weighted by atomic mass is 16.6.